The molecule has 31 heavy (non-hydrogen) atoms. The molecule has 1 amide bonds. The monoisotopic (exact) mass is 440 g/mol. The van der Waals surface area contributed by atoms with Crippen molar-refractivity contribution in [2.45, 2.75) is 78.5 Å². The van der Waals surface area contributed by atoms with E-state index in [-0.39, 0.29) is 12.1 Å². The van der Waals surface area contributed by atoms with E-state index in [9.17, 15) is 4.79 Å². The van der Waals surface area contributed by atoms with Gasteiger partial charge in [0.1, 0.15) is 5.60 Å². The average molecular weight is 441 g/mol. The molecule has 8 heteroatoms. The molecule has 0 aromatic rings. The summed E-state index contributed by atoms with van der Waals surface area (Å²) in [5.41, 5.74) is -0.497. The molecule has 3 N–H and O–H groups in total. The van der Waals surface area contributed by atoms with Crippen LogP contribution < -0.4 is 16.0 Å². The Kier molecular flexibility index (Phi) is 12.2. The van der Waals surface area contributed by atoms with Crippen molar-refractivity contribution in [3.8, 4) is 0 Å². The first-order chi connectivity index (χ1) is 14.6. The molecule has 1 heterocycles. The van der Waals surface area contributed by atoms with E-state index in [4.69, 9.17) is 4.74 Å². The number of amides is 1. The molecule has 0 aromatic heterocycles. The maximum absolute atomic E-state index is 12.1. The van der Waals surface area contributed by atoms with E-state index >= 15 is 0 Å². The average Bonchev–Trinajstić information content (AvgIpc) is 2.68. The molecule has 1 aliphatic heterocycles. The highest BCUT2D eigenvalue weighted by Crippen LogP contribution is 2.13. The van der Waals surface area contributed by atoms with Crippen molar-refractivity contribution < 1.29 is 9.53 Å². The summed E-state index contributed by atoms with van der Waals surface area (Å²) in [6.45, 7) is 18.2. The lowest BCUT2D eigenvalue weighted by Gasteiger charge is -2.40. The fourth-order valence-electron chi connectivity index (χ4n) is 3.73. The normalized spacial score (nSPS) is 18.5. The van der Waals surface area contributed by atoms with Gasteiger partial charge in [-0.25, -0.2) is 4.79 Å². The van der Waals surface area contributed by atoms with Gasteiger partial charge in [-0.1, -0.05) is 33.6 Å². The van der Waals surface area contributed by atoms with Crippen LogP contribution in [0.2, 0.25) is 0 Å². The van der Waals surface area contributed by atoms with Crippen LogP contribution in [-0.4, -0.2) is 92.9 Å². The Morgan fingerprint density at radius 1 is 1.10 bits per heavy atom. The fourth-order valence-corrected chi connectivity index (χ4v) is 3.73. The molecule has 0 aromatic carbocycles. The minimum Gasteiger partial charge on any atom is -0.444 e. The van der Waals surface area contributed by atoms with Crippen LogP contribution in [0.25, 0.3) is 0 Å². The van der Waals surface area contributed by atoms with E-state index in [1.807, 2.05) is 20.8 Å². The van der Waals surface area contributed by atoms with Gasteiger partial charge < -0.3 is 25.6 Å². The lowest BCUT2D eigenvalue weighted by atomic mass is 10.0. The summed E-state index contributed by atoms with van der Waals surface area (Å²) in [5, 5.41) is 9.93. The van der Waals surface area contributed by atoms with Crippen LogP contribution in [0.3, 0.4) is 0 Å². The van der Waals surface area contributed by atoms with Gasteiger partial charge in [0.15, 0.2) is 5.96 Å². The van der Waals surface area contributed by atoms with Gasteiger partial charge in [0.2, 0.25) is 0 Å². The van der Waals surface area contributed by atoms with E-state index < -0.39 is 5.60 Å². The third-order valence-corrected chi connectivity index (χ3v) is 5.62. The van der Waals surface area contributed by atoms with Gasteiger partial charge in [-0.15, -0.1) is 0 Å². The second-order valence-corrected chi connectivity index (χ2v) is 9.97. The third kappa shape index (κ3) is 11.6. The lowest BCUT2D eigenvalue weighted by molar-refractivity contribution is 0.0522. The molecule has 0 radical (unpaired) electrons. The van der Waals surface area contributed by atoms with E-state index in [0.29, 0.717) is 18.5 Å². The molecule has 2 atom stereocenters. The maximum atomic E-state index is 12.1. The topological polar surface area (TPSA) is 81.2 Å². The van der Waals surface area contributed by atoms with Crippen molar-refractivity contribution in [2.75, 3.05) is 53.4 Å². The van der Waals surface area contributed by atoms with Crippen molar-refractivity contribution >= 4 is 12.1 Å². The Labute approximate surface area is 190 Å². The minimum absolute atomic E-state index is 0.0970. The van der Waals surface area contributed by atoms with Gasteiger partial charge in [0, 0.05) is 58.4 Å². The van der Waals surface area contributed by atoms with Crippen LogP contribution in [0.5, 0.6) is 0 Å². The lowest BCUT2D eigenvalue weighted by Crippen LogP contribution is -2.56. The SMILES string of the molecule is CCCCC(CNC(=O)OC(C)(C)C)NC(=NC)NCC(C(C)C)N1CCN(C)CC1. The first-order valence-corrected chi connectivity index (χ1v) is 11.9. The highest BCUT2D eigenvalue weighted by molar-refractivity contribution is 5.80. The second-order valence-electron chi connectivity index (χ2n) is 9.97. The first-order valence-electron chi connectivity index (χ1n) is 11.9. The number of likely N-dealkylation sites (N-methyl/N-ethyl adjacent to an activating group) is 1. The summed E-state index contributed by atoms with van der Waals surface area (Å²) in [4.78, 5) is 21.5. The molecule has 1 fully saturated rings. The van der Waals surface area contributed by atoms with Crippen LogP contribution in [0.15, 0.2) is 4.99 Å². The van der Waals surface area contributed by atoms with Crippen LogP contribution in [0.1, 0.15) is 60.8 Å². The molecule has 8 nitrogen and oxygen atoms in total. The predicted molar refractivity (Wildman–Crippen MR) is 130 cm³/mol. The molecule has 0 spiro atoms. The molecule has 2 unspecified atom stereocenters. The van der Waals surface area contributed by atoms with Crippen LogP contribution in [-0.2, 0) is 4.74 Å². The Hall–Kier alpha value is -1.54. The Bertz CT molecular complexity index is 539. The van der Waals surface area contributed by atoms with Crippen molar-refractivity contribution in [2.24, 2.45) is 10.9 Å². The Balaban J connectivity index is 2.62. The van der Waals surface area contributed by atoms with Gasteiger partial charge in [0.25, 0.3) is 0 Å². The molecule has 1 saturated heterocycles. The smallest absolute Gasteiger partial charge is 0.407 e. The number of carbonyl (C=O) groups excluding carboxylic acids is 1. The van der Waals surface area contributed by atoms with E-state index in [0.717, 1.165) is 57.9 Å². The number of rotatable bonds is 10. The van der Waals surface area contributed by atoms with Gasteiger partial charge >= 0.3 is 6.09 Å². The highest BCUT2D eigenvalue weighted by Gasteiger charge is 2.25. The zero-order chi connectivity index (χ0) is 23.4. The number of hydrogen-bond acceptors (Lipinski definition) is 5. The van der Waals surface area contributed by atoms with Crippen molar-refractivity contribution in [3.05, 3.63) is 0 Å². The summed E-state index contributed by atoms with van der Waals surface area (Å²) < 4.78 is 5.37. The highest BCUT2D eigenvalue weighted by atomic mass is 16.6. The predicted octanol–water partition coefficient (Wildman–Crippen LogP) is 2.51. The number of unbranched alkanes of at least 4 members (excludes halogenated alkanes) is 1. The zero-order valence-corrected chi connectivity index (χ0v) is 21.3. The second kappa shape index (κ2) is 13.8. The van der Waals surface area contributed by atoms with Gasteiger partial charge in [-0.3, -0.25) is 9.89 Å². The standard InChI is InChI=1S/C23H48N6O2/c1-9-10-11-19(16-26-22(30)31-23(4,5)6)27-21(24-7)25-17-20(18(2)3)29-14-12-28(8)13-15-29/h18-20H,9-17H2,1-8H3,(H,26,30)(H2,24,25,27). The summed E-state index contributed by atoms with van der Waals surface area (Å²) >= 11 is 0. The molecule has 0 saturated carbocycles. The number of carbonyl (C=O) groups is 1. The molecular weight excluding hydrogens is 392 g/mol. The van der Waals surface area contributed by atoms with Gasteiger partial charge in [-0.2, -0.15) is 0 Å². The quantitative estimate of drug-likeness (QED) is 0.358. The fraction of sp³-hybridized carbons (Fsp3) is 0.913. The van der Waals surface area contributed by atoms with Gasteiger partial charge in [0.05, 0.1) is 0 Å². The summed E-state index contributed by atoms with van der Waals surface area (Å²) in [5.74, 6) is 1.34. The number of aliphatic imine (C=N–C) groups is 1. The molecule has 0 aliphatic carbocycles. The summed E-state index contributed by atoms with van der Waals surface area (Å²) in [6.07, 6.45) is 2.77. The Morgan fingerprint density at radius 2 is 1.74 bits per heavy atom. The third-order valence-electron chi connectivity index (χ3n) is 5.62. The van der Waals surface area contributed by atoms with E-state index in [1.54, 1.807) is 7.05 Å². The van der Waals surface area contributed by atoms with Crippen LogP contribution in [0, 0.1) is 5.92 Å². The van der Waals surface area contributed by atoms with Crippen molar-refractivity contribution in [1.82, 2.24) is 25.8 Å². The summed E-state index contributed by atoms with van der Waals surface area (Å²) in [7, 11) is 3.99. The number of alkyl carbamates (subject to hydrolysis) is 1. The van der Waals surface area contributed by atoms with Crippen LogP contribution >= 0.6 is 0 Å². The number of ether oxygens (including phenoxy) is 1. The largest absolute Gasteiger partial charge is 0.444 e. The van der Waals surface area contributed by atoms with E-state index in [1.165, 1.54) is 0 Å². The number of guanidine groups is 1. The minimum atomic E-state index is -0.497. The van der Waals surface area contributed by atoms with Crippen molar-refractivity contribution in [3.63, 3.8) is 0 Å². The first kappa shape index (κ1) is 27.5. The molecular formula is C23H48N6O2. The number of nitrogens with one attached hydrogen (secondary N) is 3. The molecule has 1 rings (SSSR count). The molecule has 1 aliphatic rings. The van der Waals surface area contributed by atoms with E-state index in [2.05, 4.69) is 58.6 Å². The number of nitrogens with zero attached hydrogens (tertiary/aromatic N) is 3. The van der Waals surface area contributed by atoms with Crippen molar-refractivity contribution in [1.29, 1.82) is 0 Å². The van der Waals surface area contributed by atoms with Gasteiger partial charge in [-0.05, 0) is 40.2 Å². The molecule has 0 bridgehead atoms. The zero-order valence-electron chi connectivity index (χ0n) is 21.3. The number of piperazine rings is 1. The Morgan fingerprint density at radius 3 is 2.26 bits per heavy atom. The van der Waals surface area contributed by atoms with Crippen LogP contribution in [0.4, 0.5) is 4.79 Å². The molecule has 182 valence electrons. The maximum Gasteiger partial charge on any atom is 0.407 e. The number of hydrogen-bond donors (Lipinski definition) is 3. The summed E-state index contributed by atoms with van der Waals surface area (Å²) in [6, 6.07) is 0.557.